The van der Waals surface area contributed by atoms with Crippen molar-refractivity contribution in [3.8, 4) is 17.5 Å². The summed E-state index contributed by atoms with van der Waals surface area (Å²) >= 11 is 2.94. The van der Waals surface area contributed by atoms with Gasteiger partial charge in [-0.15, -0.1) is 21.5 Å². The van der Waals surface area contributed by atoms with Gasteiger partial charge in [0.05, 0.1) is 11.3 Å². The van der Waals surface area contributed by atoms with Gasteiger partial charge in [-0.05, 0) is 56.1 Å². The summed E-state index contributed by atoms with van der Waals surface area (Å²) in [6, 6.07) is 10.5. The number of fused-ring (bicyclic) bond motifs is 1. The summed E-state index contributed by atoms with van der Waals surface area (Å²) in [4.78, 5) is 14.1. The van der Waals surface area contributed by atoms with Crippen molar-refractivity contribution in [1.82, 2.24) is 14.8 Å². The molecule has 0 spiro atoms. The molecule has 0 saturated carbocycles. The second-order valence-electron chi connectivity index (χ2n) is 9.88. The third kappa shape index (κ3) is 5.06. The lowest BCUT2D eigenvalue weighted by Crippen LogP contribution is -2.26. The topological polar surface area (TPSA) is 83.6 Å². The van der Waals surface area contributed by atoms with E-state index < -0.39 is 0 Å². The molecule has 2 heterocycles. The Kier molecular flexibility index (Phi) is 7.15. The van der Waals surface area contributed by atoms with Crippen molar-refractivity contribution in [2.24, 2.45) is 11.3 Å². The number of carbonyl (C=O) groups is 1. The Balaban J connectivity index is 1.46. The number of nitrogens with one attached hydrogen (secondary N) is 1. The van der Waals surface area contributed by atoms with Crippen molar-refractivity contribution >= 4 is 34.0 Å². The number of carbonyl (C=O) groups excluding carboxylic acids is 1. The van der Waals surface area contributed by atoms with Crippen molar-refractivity contribution in [1.29, 1.82) is 5.26 Å². The first-order valence-corrected chi connectivity index (χ1v) is 13.5. The van der Waals surface area contributed by atoms with Crippen molar-refractivity contribution in [2.75, 3.05) is 11.1 Å². The average molecular weight is 494 g/mol. The number of hydrogen-bond acceptors (Lipinski definition) is 6. The van der Waals surface area contributed by atoms with Crippen LogP contribution in [0.25, 0.3) is 11.4 Å². The summed E-state index contributed by atoms with van der Waals surface area (Å²) in [6.45, 7) is 11.7. The molecule has 178 valence electrons. The molecule has 0 bridgehead atoms. The van der Waals surface area contributed by atoms with Crippen molar-refractivity contribution in [2.45, 2.75) is 65.6 Å². The Labute approximate surface area is 209 Å². The molecular formula is C26H31N5OS2. The van der Waals surface area contributed by atoms with E-state index >= 15 is 0 Å². The van der Waals surface area contributed by atoms with Gasteiger partial charge in [0, 0.05) is 17.0 Å². The van der Waals surface area contributed by atoms with E-state index in [0.29, 0.717) is 28.2 Å². The van der Waals surface area contributed by atoms with Crippen LogP contribution >= 0.6 is 23.1 Å². The molecule has 4 rings (SSSR count). The van der Waals surface area contributed by atoms with Crippen LogP contribution in [-0.2, 0) is 24.2 Å². The molecular weight excluding hydrogens is 462 g/mol. The maximum Gasteiger partial charge on any atom is 0.235 e. The lowest BCUT2D eigenvalue weighted by atomic mass is 9.72. The van der Waals surface area contributed by atoms with Crippen LogP contribution in [0.4, 0.5) is 5.00 Å². The summed E-state index contributed by atoms with van der Waals surface area (Å²) < 4.78 is 2.03. The van der Waals surface area contributed by atoms with E-state index in [1.54, 1.807) is 11.3 Å². The number of nitrogens with zero attached hydrogens (tertiary/aromatic N) is 4. The molecule has 1 amide bonds. The highest BCUT2D eigenvalue weighted by Gasteiger charge is 2.32. The molecule has 8 heteroatoms. The highest BCUT2D eigenvalue weighted by molar-refractivity contribution is 7.99. The largest absolute Gasteiger partial charge is 0.316 e. The van der Waals surface area contributed by atoms with Crippen LogP contribution < -0.4 is 5.32 Å². The summed E-state index contributed by atoms with van der Waals surface area (Å²) in [7, 11) is 0. The fourth-order valence-electron chi connectivity index (χ4n) is 4.50. The number of rotatable bonds is 6. The highest BCUT2D eigenvalue weighted by Crippen LogP contribution is 2.44. The minimum absolute atomic E-state index is 0.129. The molecule has 1 N–H and O–H groups in total. The van der Waals surface area contributed by atoms with Crippen molar-refractivity contribution in [3.63, 3.8) is 0 Å². The number of thioether (sulfide) groups is 1. The van der Waals surface area contributed by atoms with Gasteiger partial charge in [0.15, 0.2) is 11.0 Å². The summed E-state index contributed by atoms with van der Waals surface area (Å²) in [5, 5.41) is 22.9. The summed E-state index contributed by atoms with van der Waals surface area (Å²) in [5.74, 6) is 1.48. The van der Waals surface area contributed by atoms with Gasteiger partial charge in [-0.3, -0.25) is 4.79 Å². The van der Waals surface area contributed by atoms with E-state index in [1.807, 2.05) is 23.6 Å². The van der Waals surface area contributed by atoms with Crippen LogP contribution in [0.3, 0.4) is 0 Å². The molecule has 1 aromatic carbocycles. The van der Waals surface area contributed by atoms with Gasteiger partial charge < -0.3 is 9.88 Å². The average Bonchev–Trinajstić information content (AvgIpc) is 3.36. The van der Waals surface area contributed by atoms with Crippen LogP contribution in [0, 0.1) is 29.6 Å². The van der Waals surface area contributed by atoms with Crippen LogP contribution in [0.15, 0.2) is 29.4 Å². The van der Waals surface area contributed by atoms with E-state index in [0.717, 1.165) is 41.8 Å². The van der Waals surface area contributed by atoms with E-state index in [1.165, 1.54) is 16.6 Å². The predicted octanol–water partition coefficient (Wildman–Crippen LogP) is 6.09. The Bertz CT molecular complexity index is 1250. The second-order valence-corrected chi connectivity index (χ2v) is 11.9. The fraction of sp³-hybridized carbons (Fsp3) is 0.462. The molecule has 0 radical (unpaired) electrons. The fourth-order valence-corrected chi connectivity index (χ4v) is 6.60. The van der Waals surface area contributed by atoms with E-state index in [4.69, 9.17) is 0 Å². The van der Waals surface area contributed by atoms with Crippen LogP contribution in [0.1, 0.15) is 55.7 Å². The molecule has 0 saturated heterocycles. The number of anilines is 1. The molecule has 1 atom stereocenters. The van der Waals surface area contributed by atoms with Crippen molar-refractivity contribution < 1.29 is 4.79 Å². The maximum atomic E-state index is 12.8. The number of aromatic nitrogens is 3. The van der Waals surface area contributed by atoms with Crippen LogP contribution in [0.5, 0.6) is 0 Å². The smallest absolute Gasteiger partial charge is 0.235 e. The lowest BCUT2D eigenvalue weighted by Gasteiger charge is -2.33. The Hall–Kier alpha value is -2.63. The molecule has 2 aromatic heterocycles. The molecule has 0 aliphatic heterocycles. The Morgan fingerprint density at radius 1 is 1.35 bits per heavy atom. The first-order valence-electron chi connectivity index (χ1n) is 11.7. The molecule has 0 fully saturated rings. The minimum atomic E-state index is -0.129. The predicted molar refractivity (Wildman–Crippen MR) is 139 cm³/mol. The number of amides is 1. The first-order chi connectivity index (χ1) is 16.2. The zero-order valence-corrected chi connectivity index (χ0v) is 22.1. The summed E-state index contributed by atoms with van der Waals surface area (Å²) in [6.07, 6.45) is 2.97. The SMILES string of the molecule is CCn1c(SCC(=O)Nc2sc3c(c2C#N)CCC(C(C)(C)C)C3)nnc1-c1cccc(C)c1. The minimum Gasteiger partial charge on any atom is -0.316 e. The second kappa shape index (κ2) is 9.93. The monoisotopic (exact) mass is 493 g/mol. The third-order valence-electron chi connectivity index (χ3n) is 6.50. The zero-order valence-electron chi connectivity index (χ0n) is 20.4. The van der Waals surface area contributed by atoms with E-state index in [9.17, 15) is 10.1 Å². The molecule has 3 aromatic rings. The number of aryl methyl sites for hydroxylation is 1. The maximum absolute atomic E-state index is 12.8. The molecule has 34 heavy (non-hydrogen) atoms. The normalized spacial score (nSPS) is 15.6. The van der Waals surface area contributed by atoms with Gasteiger partial charge in [0.1, 0.15) is 11.1 Å². The van der Waals surface area contributed by atoms with Crippen LogP contribution in [-0.4, -0.2) is 26.4 Å². The van der Waals surface area contributed by atoms with Gasteiger partial charge in [-0.1, -0.05) is 56.3 Å². The summed E-state index contributed by atoms with van der Waals surface area (Å²) in [5.41, 5.74) is 4.19. The molecule has 1 unspecified atom stereocenters. The zero-order chi connectivity index (χ0) is 24.5. The molecule has 1 aliphatic carbocycles. The molecule has 6 nitrogen and oxygen atoms in total. The number of thiophene rings is 1. The van der Waals surface area contributed by atoms with Gasteiger partial charge in [0.25, 0.3) is 0 Å². The highest BCUT2D eigenvalue weighted by atomic mass is 32.2. The third-order valence-corrected chi connectivity index (χ3v) is 8.63. The number of hydrogen-bond donors (Lipinski definition) is 1. The van der Waals surface area contributed by atoms with Gasteiger partial charge >= 0.3 is 0 Å². The van der Waals surface area contributed by atoms with Gasteiger partial charge in [-0.25, -0.2) is 0 Å². The van der Waals surface area contributed by atoms with Crippen molar-refractivity contribution in [3.05, 3.63) is 45.8 Å². The van der Waals surface area contributed by atoms with E-state index in [2.05, 4.69) is 61.4 Å². The quantitative estimate of drug-likeness (QED) is 0.420. The Morgan fingerprint density at radius 2 is 2.15 bits per heavy atom. The lowest BCUT2D eigenvalue weighted by molar-refractivity contribution is -0.113. The van der Waals surface area contributed by atoms with Gasteiger partial charge in [-0.2, -0.15) is 5.26 Å². The van der Waals surface area contributed by atoms with Gasteiger partial charge in [0.2, 0.25) is 5.91 Å². The van der Waals surface area contributed by atoms with E-state index in [-0.39, 0.29) is 17.1 Å². The molecule has 1 aliphatic rings. The standard InChI is InChI=1S/C26H31N5OS2/c1-6-31-23(17-9-7-8-16(2)12-17)29-30-25(31)33-15-22(32)28-24-20(14-27)19-11-10-18(26(3,4)5)13-21(19)34-24/h7-9,12,18H,6,10-11,13,15H2,1-5H3,(H,28,32). The first kappa shape index (κ1) is 24.5. The van der Waals surface area contributed by atoms with Crippen LogP contribution in [0.2, 0.25) is 0 Å². The number of benzene rings is 1. The number of nitriles is 1. The Morgan fingerprint density at radius 3 is 2.82 bits per heavy atom.